The number of benzene rings is 2. The number of aromatic carboxylic acids is 1. The van der Waals surface area contributed by atoms with Crippen LogP contribution in [0.3, 0.4) is 0 Å². The molecule has 2 aliphatic rings. The number of aromatic nitrogens is 3. The normalized spacial score (nSPS) is 18.9. The molecule has 0 aliphatic carbocycles. The zero-order valence-corrected chi connectivity index (χ0v) is 20.6. The molecule has 0 bridgehead atoms. The average Bonchev–Trinajstić information content (AvgIpc) is 3.17. The number of rotatable bonds is 6. The fourth-order valence-electron chi connectivity index (χ4n) is 5.43. The van der Waals surface area contributed by atoms with E-state index in [9.17, 15) is 9.90 Å². The van der Waals surface area contributed by atoms with Crippen LogP contribution in [0.2, 0.25) is 0 Å². The Morgan fingerprint density at radius 3 is 2.65 bits per heavy atom. The highest BCUT2D eigenvalue weighted by atomic mass is 16.5. The van der Waals surface area contributed by atoms with Crippen LogP contribution in [0.15, 0.2) is 66.7 Å². The third-order valence-corrected chi connectivity index (χ3v) is 7.42. The van der Waals surface area contributed by atoms with Crippen LogP contribution < -0.4 is 4.74 Å². The van der Waals surface area contributed by atoms with E-state index >= 15 is 0 Å². The number of pyridine rings is 1. The van der Waals surface area contributed by atoms with Crippen molar-refractivity contribution in [3.63, 3.8) is 0 Å². The van der Waals surface area contributed by atoms with Gasteiger partial charge in [0.2, 0.25) is 5.88 Å². The predicted octanol–water partition coefficient (Wildman–Crippen LogP) is 4.66. The maximum atomic E-state index is 11.5. The minimum atomic E-state index is -0.927. The fourth-order valence-corrected chi connectivity index (χ4v) is 5.43. The molecule has 4 aromatic rings. The smallest absolute Gasteiger partial charge is 0.335 e. The average molecular weight is 499 g/mol. The molecule has 190 valence electrons. The summed E-state index contributed by atoms with van der Waals surface area (Å²) in [5.41, 5.74) is 4.17. The summed E-state index contributed by atoms with van der Waals surface area (Å²) in [5, 5.41) is 9.44. The topological polar surface area (TPSA) is 89.7 Å². The van der Waals surface area contributed by atoms with E-state index < -0.39 is 5.97 Å². The summed E-state index contributed by atoms with van der Waals surface area (Å²) in [6.45, 7) is 4.18. The first-order valence-corrected chi connectivity index (χ1v) is 12.8. The largest absolute Gasteiger partial charge is 0.478 e. The standard InChI is InChI=1S/C29H30N4O4/c34-29(35)22-9-10-24-25(17-22)33-15-16-36-19-26(28(33)31-24)32-13-11-21(12-14-32)23-7-4-8-27(30-23)37-18-20-5-2-1-3-6-20/h1-10,17,21,26H,11-16,18-19H2,(H,34,35)/t26-/m0/s1. The van der Waals surface area contributed by atoms with Crippen molar-refractivity contribution in [2.75, 3.05) is 26.3 Å². The summed E-state index contributed by atoms with van der Waals surface area (Å²) in [5.74, 6) is 1.07. The van der Waals surface area contributed by atoms with Gasteiger partial charge in [-0.25, -0.2) is 14.8 Å². The molecule has 1 atom stereocenters. The first-order chi connectivity index (χ1) is 18.2. The number of ether oxygens (including phenoxy) is 2. The summed E-state index contributed by atoms with van der Waals surface area (Å²) >= 11 is 0. The molecule has 6 rings (SSSR count). The third-order valence-electron chi connectivity index (χ3n) is 7.42. The molecule has 4 heterocycles. The van der Waals surface area contributed by atoms with Gasteiger partial charge in [0, 0.05) is 24.2 Å². The molecule has 8 heteroatoms. The predicted molar refractivity (Wildman–Crippen MR) is 139 cm³/mol. The van der Waals surface area contributed by atoms with Gasteiger partial charge < -0.3 is 19.1 Å². The van der Waals surface area contributed by atoms with Crippen molar-refractivity contribution in [1.29, 1.82) is 0 Å². The number of nitrogens with zero attached hydrogens (tertiary/aromatic N) is 4. The van der Waals surface area contributed by atoms with Gasteiger partial charge >= 0.3 is 5.97 Å². The SMILES string of the molecule is O=C(O)c1ccc2nc3n(c2c1)CCOC[C@@H]3N1CCC(c2cccc(OCc3ccccc3)n2)CC1. The highest BCUT2D eigenvalue weighted by molar-refractivity contribution is 5.92. The number of likely N-dealkylation sites (tertiary alicyclic amines) is 1. The number of hydrogen-bond acceptors (Lipinski definition) is 6. The molecule has 1 saturated heterocycles. The van der Waals surface area contributed by atoms with Crippen LogP contribution >= 0.6 is 0 Å². The van der Waals surface area contributed by atoms with E-state index in [4.69, 9.17) is 19.4 Å². The zero-order chi connectivity index (χ0) is 25.2. The Morgan fingerprint density at radius 1 is 1.00 bits per heavy atom. The van der Waals surface area contributed by atoms with E-state index in [1.807, 2.05) is 36.4 Å². The van der Waals surface area contributed by atoms with Gasteiger partial charge in [0.25, 0.3) is 0 Å². The monoisotopic (exact) mass is 498 g/mol. The zero-order valence-electron chi connectivity index (χ0n) is 20.6. The first kappa shape index (κ1) is 23.6. The van der Waals surface area contributed by atoms with E-state index in [1.54, 1.807) is 12.1 Å². The van der Waals surface area contributed by atoms with Crippen molar-refractivity contribution in [2.24, 2.45) is 0 Å². The van der Waals surface area contributed by atoms with Gasteiger partial charge in [0.15, 0.2) is 0 Å². The Hall–Kier alpha value is -3.75. The van der Waals surface area contributed by atoms with E-state index in [-0.39, 0.29) is 11.6 Å². The lowest BCUT2D eigenvalue weighted by Crippen LogP contribution is -2.38. The van der Waals surface area contributed by atoms with Gasteiger partial charge in [-0.05, 0) is 55.8 Å². The van der Waals surface area contributed by atoms with Crippen molar-refractivity contribution in [1.82, 2.24) is 19.4 Å². The van der Waals surface area contributed by atoms with Crippen molar-refractivity contribution in [2.45, 2.75) is 38.0 Å². The lowest BCUT2D eigenvalue weighted by atomic mass is 9.92. The van der Waals surface area contributed by atoms with Gasteiger partial charge in [-0.3, -0.25) is 4.90 Å². The van der Waals surface area contributed by atoms with Crippen LogP contribution in [0.1, 0.15) is 52.2 Å². The molecule has 0 unspecified atom stereocenters. The van der Waals surface area contributed by atoms with Gasteiger partial charge in [-0.1, -0.05) is 36.4 Å². The summed E-state index contributed by atoms with van der Waals surface area (Å²) < 4.78 is 14.1. The fraction of sp³-hybridized carbons (Fsp3) is 0.345. The molecular weight excluding hydrogens is 468 g/mol. The second-order valence-electron chi connectivity index (χ2n) is 9.71. The van der Waals surface area contributed by atoms with Gasteiger partial charge in [0.05, 0.1) is 35.9 Å². The van der Waals surface area contributed by atoms with Crippen LogP contribution in [0.4, 0.5) is 0 Å². The minimum Gasteiger partial charge on any atom is -0.478 e. The van der Waals surface area contributed by atoms with E-state index in [0.717, 1.165) is 54.0 Å². The number of carboxylic acid groups (broad SMARTS) is 1. The second-order valence-corrected chi connectivity index (χ2v) is 9.71. The van der Waals surface area contributed by atoms with Crippen molar-refractivity contribution in [3.8, 4) is 5.88 Å². The number of imidazole rings is 1. The molecule has 0 saturated carbocycles. The highest BCUT2D eigenvalue weighted by Crippen LogP contribution is 2.34. The van der Waals surface area contributed by atoms with Crippen LogP contribution in [-0.2, 0) is 17.9 Å². The molecule has 8 nitrogen and oxygen atoms in total. The quantitative estimate of drug-likeness (QED) is 0.414. The van der Waals surface area contributed by atoms with Gasteiger partial charge in [-0.2, -0.15) is 0 Å². The van der Waals surface area contributed by atoms with Crippen LogP contribution in [0.25, 0.3) is 11.0 Å². The van der Waals surface area contributed by atoms with E-state index in [1.165, 1.54) is 0 Å². The van der Waals surface area contributed by atoms with Crippen LogP contribution in [0, 0.1) is 0 Å². The molecule has 1 N–H and O–H groups in total. The van der Waals surface area contributed by atoms with Crippen LogP contribution in [0.5, 0.6) is 5.88 Å². The number of piperidine rings is 1. The van der Waals surface area contributed by atoms with Gasteiger partial charge in [0.1, 0.15) is 12.4 Å². The first-order valence-electron chi connectivity index (χ1n) is 12.8. The Bertz CT molecular complexity index is 1400. The minimum absolute atomic E-state index is 0.0395. The Balaban J connectivity index is 1.15. The Morgan fingerprint density at radius 2 is 1.84 bits per heavy atom. The van der Waals surface area contributed by atoms with E-state index in [2.05, 4.69) is 27.7 Å². The number of carboxylic acids is 1. The number of carbonyl (C=O) groups is 1. The van der Waals surface area contributed by atoms with Crippen molar-refractivity contribution >= 4 is 17.0 Å². The number of hydrogen-bond donors (Lipinski definition) is 1. The molecular formula is C29H30N4O4. The summed E-state index contributed by atoms with van der Waals surface area (Å²) in [7, 11) is 0. The maximum absolute atomic E-state index is 11.5. The summed E-state index contributed by atoms with van der Waals surface area (Å²) in [6.07, 6.45) is 1.99. The molecule has 2 aromatic heterocycles. The highest BCUT2D eigenvalue weighted by Gasteiger charge is 2.32. The van der Waals surface area contributed by atoms with Crippen LogP contribution in [-0.4, -0.2) is 56.8 Å². The molecule has 2 aliphatic heterocycles. The summed E-state index contributed by atoms with van der Waals surface area (Å²) in [6, 6.07) is 21.4. The van der Waals surface area contributed by atoms with Gasteiger partial charge in [-0.15, -0.1) is 0 Å². The maximum Gasteiger partial charge on any atom is 0.335 e. The molecule has 1 fully saturated rings. The molecule has 0 radical (unpaired) electrons. The van der Waals surface area contributed by atoms with E-state index in [0.29, 0.717) is 38.2 Å². The second kappa shape index (κ2) is 10.3. The molecule has 0 amide bonds. The van der Waals surface area contributed by atoms with Crippen molar-refractivity contribution in [3.05, 3.63) is 89.4 Å². The lowest BCUT2D eigenvalue weighted by molar-refractivity contribution is 0.0529. The lowest BCUT2D eigenvalue weighted by Gasteiger charge is -2.36. The Kier molecular flexibility index (Phi) is 6.59. The van der Waals surface area contributed by atoms with Crippen molar-refractivity contribution < 1.29 is 19.4 Å². The molecule has 2 aromatic carbocycles. The number of fused-ring (bicyclic) bond motifs is 3. The molecule has 37 heavy (non-hydrogen) atoms. The Labute approximate surface area is 215 Å². The molecule has 0 spiro atoms. The third kappa shape index (κ3) is 4.95. The summed E-state index contributed by atoms with van der Waals surface area (Å²) in [4.78, 5) is 23.7.